The summed E-state index contributed by atoms with van der Waals surface area (Å²) in [5.41, 5.74) is 9.53. The Bertz CT molecular complexity index is 1070. The number of aromatic nitrogens is 1. The summed E-state index contributed by atoms with van der Waals surface area (Å²) in [5, 5.41) is 0.990. The van der Waals surface area contributed by atoms with Crippen LogP contribution in [-0.4, -0.2) is 17.5 Å². The van der Waals surface area contributed by atoms with Crippen molar-refractivity contribution < 1.29 is 4.79 Å². The molecule has 0 atom stereocenters. The number of hydrogen-bond acceptors (Lipinski definition) is 3. The average molecular weight is 363 g/mol. The summed E-state index contributed by atoms with van der Waals surface area (Å²) in [6.45, 7) is 6.69. The van der Waals surface area contributed by atoms with E-state index in [0.717, 1.165) is 22.2 Å². The molecule has 0 spiro atoms. The zero-order chi connectivity index (χ0) is 19.7. The molecule has 0 aliphatic heterocycles. The minimum absolute atomic E-state index is 0.00272. The Morgan fingerprint density at radius 2 is 1.85 bits per heavy atom. The fraction of sp³-hybridized carbons (Fsp3) is 0.273. The SMILES string of the molecule is CCn1c(=O)cc(C(C)C)c2cc(N(C)C(=O)c3ccccc3N)ccc21. The molecule has 2 N–H and O–H groups in total. The molecule has 0 aliphatic carbocycles. The van der Waals surface area contributed by atoms with E-state index in [9.17, 15) is 9.59 Å². The van der Waals surface area contributed by atoms with Gasteiger partial charge in [-0.1, -0.05) is 26.0 Å². The zero-order valence-corrected chi connectivity index (χ0v) is 16.2. The monoisotopic (exact) mass is 363 g/mol. The van der Waals surface area contributed by atoms with Gasteiger partial charge < -0.3 is 15.2 Å². The maximum Gasteiger partial charge on any atom is 0.260 e. The van der Waals surface area contributed by atoms with Crippen molar-refractivity contribution in [3.05, 3.63) is 70.0 Å². The highest BCUT2D eigenvalue weighted by molar-refractivity contribution is 6.09. The number of hydrogen-bond donors (Lipinski definition) is 1. The molecule has 5 heteroatoms. The van der Waals surface area contributed by atoms with Crippen LogP contribution in [0.15, 0.2) is 53.3 Å². The lowest BCUT2D eigenvalue weighted by Crippen LogP contribution is -2.27. The van der Waals surface area contributed by atoms with Crippen LogP contribution in [0.1, 0.15) is 42.6 Å². The number of benzene rings is 2. The Morgan fingerprint density at radius 1 is 1.15 bits per heavy atom. The third-order valence-electron chi connectivity index (χ3n) is 4.95. The largest absolute Gasteiger partial charge is 0.398 e. The van der Waals surface area contributed by atoms with Gasteiger partial charge >= 0.3 is 0 Å². The van der Waals surface area contributed by atoms with Crippen LogP contribution in [-0.2, 0) is 6.54 Å². The van der Waals surface area contributed by atoms with Gasteiger partial charge in [0.25, 0.3) is 11.5 Å². The third-order valence-corrected chi connectivity index (χ3v) is 4.95. The maximum absolute atomic E-state index is 12.9. The van der Waals surface area contributed by atoms with E-state index in [4.69, 9.17) is 5.73 Å². The Balaban J connectivity index is 2.15. The van der Waals surface area contributed by atoms with Crippen molar-refractivity contribution in [1.29, 1.82) is 0 Å². The number of nitrogens with two attached hydrogens (primary N) is 1. The van der Waals surface area contributed by atoms with Crippen LogP contribution >= 0.6 is 0 Å². The maximum atomic E-state index is 12.9. The molecule has 1 amide bonds. The van der Waals surface area contributed by atoms with Gasteiger partial charge in [-0.25, -0.2) is 0 Å². The molecule has 140 valence electrons. The van der Waals surface area contributed by atoms with Crippen LogP contribution in [0.5, 0.6) is 0 Å². The summed E-state index contributed by atoms with van der Waals surface area (Å²) in [6, 6.07) is 14.5. The summed E-state index contributed by atoms with van der Waals surface area (Å²) >= 11 is 0. The third kappa shape index (κ3) is 3.33. The van der Waals surface area contributed by atoms with Crippen LogP contribution in [0.3, 0.4) is 0 Å². The molecule has 27 heavy (non-hydrogen) atoms. The molecule has 1 aromatic heterocycles. The molecule has 0 saturated heterocycles. The molecular weight excluding hydrogens is 338 g/mol. The minimum atomic E-state index is -0.164. The van der Waals surface area contributed by atoms with Gasteiger partial charge in [0.05, 0.1) is 11.1 Å². The molecule has 0 fully saturated rings. The van der Waals surface area contributed by atoms with E-state index in [1.54, 1.807) is 46.8 Å². The number of anilines is 2. The second-order valence-corrected chi connectivity index (χ2v) is 6.99. The molecule has 0 saturated carbocycles. The lowest BCUT2D eigenvalue weighted by Gasteiger charge is -2.21. The van der Waals surface area contributed by atoms with Gasteiger partial charge in [-0.05, 0) is 48.7 Å². The second-order valence-electron chi connectivity index (χ2n) is 6.99. The number of nitrogens with zero attached hydrogens (tertiary/aromatic N) is 2. The number of para-hydroxylation sites is 1. The van der Waals surface area contributed by atoms with Gasteiger partial charge in [-0.15, -0.1) is 0 Å². The van der Waals surface area contributed by atoms with Crippen LogP contribution in [0, 0.1) is 0 Å². The number of aryl methyl sites for hydroxylation is 1. The Kier molecular flexibility index (Phi) is 5.04. The molecule has 1 heterocycles. The van der Waals surface area contributed by atoms with E-state index < -0.39 is 0 Å². The van der Waals surface area contributed by atoms with Crippen LogP contribution in [0.25, 0.3) is 10.9 Å². The van der Waals surface area contributed by atoms with Gasteiger partial charge in [-0.3, -0.25) is 9.59 Å². The molecule has 0 radical (unpaired) electrons. The van der Waals surface area contributed by atoms with E-state index in [0.29, 0.717) is 17.8 Å². The predicted molar refractivity (Wildman–Crippen MR) is 112 cm³/mol. The number of pyridine rings is 1. The summed E-state index contributed by atoms with van der Waals surface area (Å²) in [7, 11) is 1.74. The van der Waals surface area contributed by atoms with E-state index in [1.165, 1.54) is 0 Å². The van der Waals surface area contributed by atoms with Crippen molar-refractivity contribution >= 4 is 28.2 Å². The number of fused-ring (bicyclic) bond motifs is 1. The van der Waals surface area contributed by atoms with Crippen molar-refractivity contribution in [1.82, 2.24) is 4.57 Å². The zero-order valence-electron chi connectivity index (χ0n) is 16.2. The number of rotatable bonds is 4. The minimum Gasteiger partial charge on any atom is -0.398 e. The first-order valence-corrected chi connectivity index (χ1v) is 9.15. The van der Waals surface area contributed by atoms with Gasteiger partial charge in [0.1, 0.15) is 0 Å². The first-order chi connectivity index (χ1) is 12.8. The highest BCUT2D eigenvalue weighted by Crippen LogP contribution is 2.29. The number of carbonyl (C=O) groups excluding carboxylic acids is 1. The Labute approximate surface area is 159 Å². The summed E-state index contributed by atoms with van der Waals surface area (Å²) in [4.78, 5) is 26.9. The Hall–Kier alpha value is -3.08. The first-order valence-electron chi connectivity index (χ1n) is 9.15. The van der Waals surface area contributed by atoms with Gasteiger partial charge in [0, 0.05) is 36.4 Å². The second kappa shape index (κ2) is 7.27. The molecular formula is C22H25N3O2. The van der Waals surface area contributed by atoms with Crippen molar-refractivity contribution in [2.45, 2.75) is 33.2 Å². The van der Waals surface area contributed by atoms with E-state index >= 15 is 0 Å². The van der Waals surface area contributed by atoms with E-state index in [2.05, 4.69) is 13.8 Å². The quantitative estimate of drug-likeness (QED) is 0.712. The number of carbonyl (C=O) groups is 1. The fourth-order valence-electron chi connectivity index (χ4n) is 3.40. The summed E-state index contributed by atoms with van der Waals surface area (Å²) in [5.74, 6) is 0.0371. The van der Waals surface area contributed by atoms with Crippen molar-refractivity contribution in [3.8, 4) is 0 Å². The molecule has 0 bridgehead atoms. The lowest BCUT2D eigenvalue weighted by molar-refractivity contribution is 0.0994. The fourth-order valence-corrected chi connectivity index (χ4v) is 3.40. The molecule has 0 aliphatic rings. The standard InChI is InChI=1S/C22H25N3O2/c1-5-25-20-11-10-15(12-18(20)17(14(2)3)13-21(25)26)24(4)22(27)16-8-6-7-9-19(16)23/h6-14H,5,23H2,1-4H3. The smallest absolute Gasteiger partial charge is 0.260 e. The van der Waals surface area contributed by atoms with Gasteiger partial charge in [0.15, 0.2) is 0 Å². The topological polar surface area (TPSA) is 68.3 Å². The van der Waals surface area contributed by atoms with Crippen molar-refractivity contribution in [2.24, 2.45) is 0 Å². The van der Waals surface area contributed by atoms with Gasteiger partial charge in [-0.2, -0.15) is 0 Å². The van der Waals surface area contributed by atoms with Crippen LogP contribution < -0.4 is 16.2 Å². The number of amides is 1. The summed E-state index contributed by atoms with van der Waals surface area (Å²) < 4.78 is 1.75. The molecule has 3 aromatic rings. The van der Waals surface area contributed by atoms with Crippen molar-refractivity contribution in [3.63, 3.8) is 0 Å². The lowest BCUT2D eigenvalue weighted by atomic mass is 9.98. The number of nitrogen functional groups attached to an aromatic ring is 1. The van der Waals surface area contributed by atoms with E-state index in [1.807, 2.05) is 25.1 Å². The normalized spacial score (nSPS) is 11.1. The van der Waals surface area contributed by atoms with Crippen molar-refractivity contribution in [2.75, 3.05) is 17.7 Å². The van der Waals surface area contributed by atoms with Crippen LogP contribution in [0.4, 0.5) is 11.4 Å². The van der Waals surface area contributed by atoms with E-state index in [-0.39, 0.29) is 17.4 Å². The Morgan fingerprint density at radius 3 is 2.48 bits per heavy atom. The molecule has 3 rings (SSSR count). The molecule has 5 nitrogen and oxygen atoms in total. The first kappa shape index (κ1) is 18.7. The molecule has 2 aromatic carbocycles. The summed E-state index contributed by atoms with van der Waals surface area (Å²) in [6.07, 6.45) is 0. The highest BCUT2D eigenvalue weighted by Gasteiger charge is 2.18. The van der Waals surface area contributed by atoms with Gasteiger partial charge in [0.2, 0.25) is 0 Å². The highest BCUT2D eigenvalue weighted by atomic mass is 16.2. The van der Waals surface area contributed by atoms with Crippen LogP contribution in [0.2, 0.25) is 0 Å². The molecule has 0 unspecified atom stereocenters. The average Bonchev–Trinajstić information content (AvgIpc) is 2.66. The predicted octanol–water partition coefficient (Wildman–Crippen LogP) is 4.00.